The molecule has 0 saturated heterocycles. The van der Waals surface area contributed by atoms with Gasteiger partial charge in [-0.1, -0.05) is 29.8 Å². The maximum atomic E-state index is 12.0. The van der Waals surface area contributed by atoms with Crippen LogP contribution in [0, 0.1) is 6.92 Å². The molecule has 3 N–H and O–H groups in total. The van der Waals surface area contributed by atoms with E-state index >= 15 is 0 Å². The number of aliphatic hydroxyl groups excluding tert-OH is 1. The van der Waals surface area contributed by atoms with E-state index in [1.807, 2.05) is 19.1 Å². The van der Waals surface area contributed by atoms with Gasteiger partial charge in [-0.2, -0.15) is 0 Å². The highest BCUT2D eigenvalue weighted by Crippen LogP contribution is 2.31. The van der Waals surface area contributed by atoms with Gasteiger partial charge in [0.1, 0.15) is 24.2 Å². The molecule has 2 aromatic heterocycles. The lowest BCUT2D eigenvalue weighted by Gasteiger charge is -2.20. The van der Waals surface area contributed by atoms with Crippen molar-refractivity contribution in [2.45, 2.75) is 19.6 Å². The number of anilines is 1. The summed E-state index contributed by atoms with van der Waals surface area (Å²) >= 11 is 5.96. The molecule has 0 amide bonds. The summed E-state index contributed by atoms with van der Waals surface area (Å²) < 4.78 is 5.56. The van der Waals surface area contributed by atoms with Crippen molar-refractivity contribution in [3.05, 3.63) is 86.6 Å². The first-order chi connectivity index (χ1) is 12.5. The van der Waals surface area contributed by atoms with E-state index in [4.69, 9.17) is 16.0 Å². The molecule has 0 spiro atoms. The second-order valence-electron chi connectivity index (χ2n) is 5.74. The first-order valence-electron chi connectivity index (χ1n) is 7.90. The minimum atomic E-state index is -0.708. The van der Waals surface area contributed by atoms with E-state index in [9.17, 15) is 15.0 Å². The Morgan fingerprint density at radius 1 is 1.23 bits per heavy atom. The van der Waals surface area contributed by atoms with Crippen LogP contribution in [0.15, 0.2) is 57.7 Å². The quantitative estimate of drug-likeness (QED) is 0.635. The molecular weight excluding hydrogens is 356 g/mol. The van der Waals surface area contributed by atoms with Crippen LogP contribution in [-0.4, -0.2) is 15.2 Å². The molecule has 0 aliphatic rings. The van der Waals surface area contributed by atoms with E-state index in [1.54, 1.807) is 30.3 Å². The average molecular weight is 373 g/mol. The predicted molar refractivity (Wildman–Crippen MR) is 98.5 cm³/mol. The first-order valence-corrected chi connectivity index (χ1v) is 8.28. The highest BCUT2D eigenvalue weighted by Gasteiger charge is 2.24. The number of halogens is 1. The van der Waals surface area contributed by atoms with Gasteiger partial charge < -0.3 is 19.9 Å². The Morgan fingerprint density at radius 2 is 1.96 bits per heavy atom. The Kier molecular flexibility index (Phi) is 5.25. The number of aromatic nitrogens is 1. The molecule has 0 aliphatic heterocycles. The molecule has 0 radical (unpaired) electrons. The Morgan fingerprint density at radius 3 is 2.62 bits per heavy atom. The first kappa shape index (κ1) is 18.0. The second kappa shape index (κ2) is 7.59. The van der Waals surface area contributed by atoms with Gasteiger partial charge in [-0.15, -0.1) is 0 Å². The van der Waals surface area contributed by atoms with Crippen molar-refractivity contribution in [1.29, 1.82) is 0 Å². The van der Waals surface area contributed by atoms with Crippen LogP contribution in [0.4, 0.5) is 5.82 Å². The smallest absolute Gasteiger partial charge is 0.227 e. The van der Waals surface area contributed by atoms with Crippen LogP contribution in [-0.2, 0) is 6.61 Å². The Hall–Kier alpha value is -2.83. The van der Waals surface area contributed by atoms with Gasteiger partial charge in [0.25, 0.3) is 0 Å². The summed E-state index contributed by atoms with van der Waals surface area (Å²) in [5.74, 6) is 0.0663. The van der Waals surface area contributed by atoms with Crippen LogP contribution < -0.4 is 10.7 Å². The monoisotopic (exact) mass is 372 g/mol. The van der Waals surface area contributed by atoms with Gasteiger partial charge >= 0.3 is 0 Å². The SMILES string of the molecule is Cc1cccc(NC(c2ccc(Cl)cc2)c2oc(CO)cc(=O)c2O)n1. The van der Waals surface area contributed by atoms with Crippen molar-refractivity contribution in [1.82, 2.24) is 4.98 Å². The molecule has 0 aliphatic carbocycles. The molecule has 0 fully saturated rings. The van der Waals surface area contributed by atoms with Gasteiger partial charge in [-0.25, -0.2) is 4.98 Å². The molecule has 7 heteroatoms. The fourth-order valence-electron chi connectivity index (χ4n) is 2.56. The minimum Gasteiger partial charge on any atom is -0.502 e. The second-order valence-corrected chi connectivity index (χ2v) is 6.18. The van der Waals surface area contributed by atoms with E-state index in [-0.39, 0.29) is 11.5 Å². The van der Waals surface area contributed by atoms with Gasteiger partial charge in [-0.3, -0.25) is 4.79 Å². The molecule has 134 valence electrons. The summed E-state index contributed by atoms with van der Waals surface area (Å²) in [7, 11) is 0. The molecule has 2 heterocycles. The molecule has 0 bridgehead atoms. The number of benzene rings is 1. The van der Waals surface area contributed by atoms with E-state index in [1.165, 1.54) is 0 Å². The zero-order chi connectivity index (χ0) is 18.7. The fraction of sp³-hybridized carbons (Fsp3) is 0.158. The van der Waals surface area contributed by atoms with Gasteiger partial charge in [0.2, 0.25) is 11.2 Å². The lowest BCUT2D eigenvalue weighted by atomic mass is 10.0. The number of aromatic hydroxyl groups is 1. The molecule has 0 saturated carbocycles. The van der Waals surface area contributed by atoms with Crippen LogP contribution in [0.1, 0.15) is 28.8 Å². The summed E-state index contributed by atoms with van der Waals surface area (Å²) in [5, 5.41) is 23.3. The van der Waals surface area contributed by atoms with Crippen LogP contribution in [0.2, 0.25) is 5.02 Å². The molecule has 6 nitrogen and oxygen atoms in total. The third-order valence-corrected chi connectivity index (χ3v) is 4.05. The van der Waals surface area contributed by atoms with E-state index in [0.29, 0.717) is 16.4 Å². The summed E-state index contributed by atoms with van der Waals surface area (Å²) in [6.07, 6.45) is 0. The lowest BCUT2D eigenvalue weighted by Crippen LogP contribution is -2.17. The van der Waals surface area contributed by atoms with Gasteiger partial charge in [-0.05, 0) is 36.8 Å². The number of nitrogens with zero attached hydrogens (tertiary/aromatic N) is 1. The average Bonchev–Trinajstić information content (AvgIpc) is 2.63. The Balaban J connectivity index is 2.13. The normalized spacial score (nSPS) is 12.0. The number of hydrogen-bond acceptors (Lipinski definition) is 6. The predicted octanol–water partition coefficient (Wildman–Crippen LogP) is 3.40. The minimum absolute atomic E-state index is 0.00724. The summed E-state index contributed by atoms with van der Waals surface area (Å²) in [4.78, 5) is 16.4. The van der Waals surface area contributed by atoms with Crippen LogP contribution in [0.25, 0.3) is 0 Å². The number of pyridine rings is 1. The van der Waals surface area contributed by atoms with Crippen molar-refractivity contribution in [2.75, 3.05) is 5.32 Å². The molecule has 1 atom stereocenters. The number of hydrogen-bond donors (Lipinski definition) is 3. The van der Waals surface area contributed by atoms with Gasteiger partial charge in [0.05, 0.1) is 0 Å². The molecular formula is C19H17ClN2O4. The van der Waals surface area contributed by atoms with E-state index in [0.717, 1.165) is 11.8 Å². The van der Waals surface area contributed by atoms with Crippen molar-refractivity contribution in [3.63, 3.8) is 0 Å². The van der Waals surface area contributed by atoms with Crippen molar-refractivity contribution in [2.24, 2.45) is 0 Å². The summed E-state index contributed by atoms with van der Waals surface area (Å²) in [6.45, 7) is 1.39. The highest BCUT2D eigenvalue weighted by molar-refractivity contribution is 6.30. The fourth-order valence-corrected chi connectivity index (χ4v) is 2.68. The molecule has 3 rings (SSSR count). The molecule has 26 heavy (non-hydrogen) atoms. The number of aliphatic hydroxyl groups is 1. The number of rotatable bonds is 5. The lowest BCUT2D eigenvalue weighted by molar-refractivity contribution is 0.234. The van der Waals surface area contributed by atoms with Crippen LogP contribution in [0.5, 0.6) is 5.75 Å². The number of aryl methyl sites for hydroxylation is 1. The zero-order valence-corrected chi connectivity index (χ0v) is 14.7. The third kappa shape index (κ3) is 3.87. The molecule has 3 aromatic rings. The number of nitrogens with one attached hydrogen (secondary N) is 1. The van der Waals surface area contributed by atoms with Gasteiger partial charge in [0, 0.05) is 16.8 Å². The standard InChI is InChI=1S/C19H17ClN2O4/c1-11-3-2-4-16(21-11)22-17(12-5-7-13(20)8-6-12)19-18(25)15(24)9-14(10-23)26-19/h2-9,17,23,25H,10H2,1H3,(H,21,22). The van der Waals surface area contributed by atoms with Crippen molar-refractivity contribution >= 4 is 17.4 Å². The van der Waals surface area contributed by atoms with Crippen LogP contribution >= 0.6 is 11.6 Å². The topological polar surface area (TPSA) is 95.6 Å². The van der Waals surface area contributed by atoms with Gasteiger partial charge in [0.15, 0.2) is 5.76 Å². The Bertz CT molecular complexity index is 970. The van der Waals surface area contributed by atoms with E-state index < -0.39 is 23.8 Å². The van der Waals surface area contributed by atoms with Crippen molar-refractivity contribution in [3.8, 4) is 5.75 Å². The third-order valence-electron chi connectivity index (χ3n) is 3.80. The largest absolute Gasteiger partial charge is 0.502 e. The maximum Gasteiger partial charge on any atom is 0.227 e. The summed E-state index contributed by atoms with van der Waals surface area (Å²) in [6, 6.07) is 12.7. The van der Waals surface area contributed by atoms with Crippen molar-refractivity contribution < 1.29 is 14.6 Å². The molecule has 1 aromatic carbocycles. The Labute approximate surface area is 154 Å². The molecule has 1 unspecified atom stereocenters. The summed E-state index contributed by atoms with van der Waals surface area (Å²) in [5.41, 5.74) is 0.874. The van der Waals surface area contributed by atoms with E-state index in [2.05, 4.69) is 10.3 Å². The highest BCUT2D eigenvalue weighted by atomic mass is 35.5. The van der Waals surface area contributed by atoms with Crippen LogP contribution in [0.3, 0.4) is 0 Å². The zero-order valence-electron chi connectivity index (χ0n) is 13.9. The maximum absolute atomic E-state index is 12.0.